The average molecular weight is 575 g/mol. The van der Waals surface area contributed by atoms with Gasteiger partial charge < -0.3 is 14.6 Å². The molecule has 2 aromatic carbocycles. The zero-order chi connectivity index (χ0) is 27.4. The molecule has 0 atom stereocenters. The van der Waals surface area contributed by atoms with Crippen LogP contribution in [0.25, 0.3) is 33.6 Å². The Kier molecular flexibility index (Phi) is 8.25. The first kappa shape index (κ1) is 26.9. The summed E-state index contributed by atoms with van der Waals surface area (Å²) in [5, 5.41) is 16.9. The molecule has 0 aliphatic rings. The number of esters is 1. The highest BCUT2D eigenvalue weighted by molar-refractivity contribution is 7.99. The van der Waals surface area contributed by atoms with Crippen molar-refractivity contribution >= 4 is 51.3 Å². The molecule has 198 valence electrons. The number of hydrogen-bond acceptors (Lipinski definition) is 8. The number of benzene rings is 2. The van der Waals surface area contributed by atoms with Crippen LogP contribution in [0.3, 0.4) is 0 Å². The number of nitrogens with one attached hydrogen (secondary N) is 1. The van der Waals surface area contributed by atoms with E-state index in [-0.39, 0.29) is 11.7 Å². The lowest BCUT2D eigenvalue weighted by molar-refractivity contribution is -0.113. The van der Waals surface area contributed by atoms with Crippen molar-refractivity contribution in [2.24, 2.45) is 0 Å². The minimum Gasteiger partial charge on any atom is -0.465 e. The molecule has 0 radical (unpaired) electrons. The van der Waals surface area contributed by atoms with Gasteiger partial charge in [0.05, 0.1) is 12.9 Å². The first-order valence-electron chi connectivity index (χ1n) is 12.3. The van der Waals surface area contributed by atoms with Gasteiger partial charge in [-0.15, -0.1) is 32.9 Å². The lowest BCUT2D eigenvalue weighted by Gasteiger charge is -2.10. The van der Waals surface area contributed by atoms with Gasteiger partial charge in [0.2, 0.25) is 5.91 Å². The SMILES string of the molecule is CCn1c(SCC(=O)Nc2scc(-c3ccccc3)c2C(=O)OC)nnc1-c1csc(C)c1-c1ccccc1. The monoisotopic (exact) mass is 574 g/mol. The number of ether oxygens (including phenoxy) is 1. The molecule has 39 heavy (non-hydrogen) atoms. The van der Waals surface area contributed by atoms with Gasteiger partial charge in [-0.05, 0) is 25.0 Å². The fourth-order valence-corrected chi connectivity index (χ4v) is 6.98. The molecule has 5 rings (SSSR count). The van der Waals surface area contributed by atoms with E-state index in [9.17, 15) is 9.59 Å². The smallest absolute Gasteiger partial charge is 0.341 e. The summed E-state index contributed by atoms with van der Waals surface area (Å²) >= 11 is 4.30. The van der Waals surface area contributed by atoms with Gasteiger partial charge in [0.15, 0.2) is 11.0 Å². The van der Waals surface area contributed by atoms with Crippen molar-refractivity contribution in [3.05, 3.63) is 81.9 Å². The Bertz CT molecular complexity index is 1610. The molecule has 0 unspecified atom stereocenters. The van der Waals surface area contributed by atoms with E-state index in [0.29, 0.717) is 22.3 Å². The zero-order valence-electron chi connectivity index (χ0n) is 21.6. The van der Waals surface area contributed by atoms with Gasteiger partial charge in [-0.25, -0.2) is 4.79 Å². The van der Waals surface area contributed by atoms with Crippen molar-refractivity contribution in [2.45, 2.75) is 25.5 Å². The van der Waals surface area contributed by atoms with Gasteiger partial charge in [0, 0.05) is 38.9 Å². The standard InChI is InChI=1S/C29H26N4O3S3/c1-4-33-26(22-16-37-18(2)24(22)20-13-9-6-10-14-20)31-32-29(33)39-17-23(34)30-27-25(28(35)36-3)21(15-38-27)19-11-7-5-8-12-19/h5-16H,4,17H2,1-3H3,(H,30,34). The van der Waals surface area contributed by atoms with Crippen LogP contribution in [-0.4, -0.2) is 39.5 Å². The van der Waals surface area contributed by atoms with Gasteiger partial charge in [-0.3, -0.25) is 4.79 Å². The predicted molar refractivity (Wildman–Crippen MR) is 160 cm³/mol. The van der Waals surface area contributed by atoms with E-state index in [1.165, 1.54) is 35.1 Å². The van der Waals surface area contributed by atoms with Crippen LogP contribution in [0.1, 0.15) is 22.2 Å². The minimum atomic E-state index is -0.492. The highest BCUT2D eigenvalue weighted by Gasteiger charge is 2.24. The normalized spacial score (nSPS) is 10.9. The largest absolute Gasteiger partial charge is 0.465 e. The molecule has 0 saturated carbocycles. The van der Waals surface area contributed by atoms with Crippen LogP contribution in [0.2, 0.25) is 0 Å². The van der Waals surface area contributed by atoms with E-state index in [1.807, 2.05) is 65.4 Å². The van der Waals surface area contributed by atoms with Crippen LogP contribution in [-0.2, 0) is 16.1 Å². The second kappa shape index (κ2) is 12.0. The molecular formula is C29H26N4O3S3. The van der Waals surface area contributed by atoms with Crippen LogP contribution in [0.5, 0.6) is 0 Å². The summed E-state index contributed by atoms with van der Waals surface area (Å²) in [6.45, 7) is 4.81. The molecule has 0 spiro atoms. The maximum atomic E-state index is 13.0. The zero-order valence-corrected chi connectivity index (χ0v) is 24.1. The van der Waals surface area contributed by atoms with Gasteiger partial charge >= 0.3 is 5.97 Å². The second-order valence-corrected chi connectivity index (χ2v) is 11.5. The molecule has 7 nitrogen and oxygen atoms in total. The predicted octanol–water partition coefficient (Wildman–Crippen LogP) is 7.25. The Morgan fingerprint density at radius 3 is 2.28 bits per heavy atom. The van der Waals surface area contributed by atoms with E-state index in [4.69, 9.17) is 4.74 Å². The molecule has 0 fully saturated rings. The van der Waals surface area contributed by atoms with Crippen LogP contribution in [0.4, 0.5) is 5.00 Å². The Hall–Kier alpha value is -3.73. The molecule has 10 heteroatoms. The number of rotatable bonds is 9. The van der Waals surface area contributed by atoms with Crippen molar-refractivity contribution in [2.75, 3.05) is 18.2 Å². The summed E-state index contributed by atoms with van der Waals surface area (Å²) in [4.78, 5) is 26.8. The van der Waals surface area contributed by atoms with Crippen LogP contribution in [0.15, 0.2) is 76.6 Å². The molecule has 3 heterocycles. The van der Waals surface area contributed by atoms with Crippen molar-refractivity contribution in [3.63, 3.8) is 0 Å². The van der Waals surface area contributed by atoms with Gasteiger partial charge in [-0.2, -0.15) is 0 Å². The maximum Gasteiger partial charge on any atom is 0.341 e. The minimum absolute atomic E-state index is 0.117. The summed E-state index contributed by atoms with van der Waals surface area (Å²) in [7, 11) is 1.34. The number of carbonyl (C=O) groups is 2. The number of carbonyl (C=O) groups excluding carboxylic acids is 2. The first-order valence-corrected chi connectivity index (χ1v) is 15.0. The lowest BCUT2D eigenvalue weighted by Crippen LogP contribution is -2.16. The first-order chi connectivity index (χ1) is 19.0. The average Bonchev–Trinajstić information content (AvgIpc) is 3.68. The van der Waals surface area contributed by atoms with Crippen LogP contribution in [0, 0.1) is 6.92 Å². The topological polar surface area (TPSA) is 86.1 Å². The fourth-order valence-electron chi connectivity index (χ4n) is 4.34. The van der Waals surface area contributed by atoms with Crippen molar-refractivity contribution in [1.29, 1.82) is 0 Å². The van der Waals surface area contributed by atoms with Crippen molar-refractivity contribution < 1.29 is 14.3 Å². The third-order valence-corrected chi connectivity index (χ3v) is 8.94. The van der Waals surface area contributed by atoms with Gasteiger partial charge in [0.25, 0.3) is 0 Å². The fraction of sp³-hybridized carbons (Fsp3) is 0.172. The molecule has 0 aliphatic heterocycles. The molecule has 0 aliphatic carbocycles. The number of methoxy groups -OCH3 is 1. The number of amides is 1. The van der Waals surface area contributed by atoms with Crippen LogP contribution < -0.4 is 5.32 Å². The second-order valence-electron chi connectivity index (χ2n) is 8.54. The van der Waals surface area contributed by atoms with Gasteiger partial charge in [-0.1, -0.05) is 72.4 Å². The summed E-state index contributed by atoms with van der Waals surface area (Å²) < 4.78 is 7.05. The third kappa shape index (κ3) is 5.54. The van der Waals surface area contributed by atoms with E-state index >= 15 is 0 Å². The van der Waals surface area contributed by atoms with E-state index in [0.717, 1.165) is 33.6 Å². The highest BCUT2D eigenvalue weighted by atomic mass is 32.2. The Morgan fingerprint density at radius 1 is 0.949 bits per heavy atom. The summed E-state index contributed by atoms with van der Waals surface area (Å²) in [5.74, 6) is 0.164. The number of thiophene rings is 2. The number of hydrogen-bond donors (Lipinski definition) is 1. The maximum absolute atomic E-state index is 13.0. The number of nitrogens with zero attached hydrogens (tertiary/aromatic N) is 3. The number of thioether (sulfide) groups is 1. The Balaban J connectivity index is 1.35. The quantitative estimate of drug-likeness (QED) is 0.147. The number of anilines is 1. The summed E-state index contributed by atoms with van der Waals surface area (Å²) in [6.07, 6.45) is 0. The third-order valence-electron chi connectivity index (χ3n) is 6.16. The molecule has 1 amide bonds. The molecular weight excluding hydrogens is 549 g/mol. The van der Waals surface area contributed by atoms with Gasteiger partial charge in [0.1, 0.15) is 10.6 Å². The number of aromatic nitrogens is 3. The molecule has 3 aromatic heterocycles. The van der Waals surface area contributed by atoms with E-state index in [2.05, 4.69) is 40.0 Å². The summed E-state index contributed by atoms with van der Waals surface area (Å²) in [6, 6.07) is 19.8. The summed E-state index contributed by atoms with van der Waals surface area (Å²) in [5.41, 5.74) is 5.28. The Morgan fingerprint density at radius 2 is 1.62 bits per heavy atom. The van der Waals surface area contributed by atoms with E-state index < -0.39 is 5.97 Å². The van der Waals surface area contributed by atoms with Crippen molar-refractivity contribution in [1.82, 2.24) is 14.8 Å². The highest BCUT2D eigenvalue weighted by Crippen LogP contribution is 2.39. The van der Waals surface area contributed by atoms with E-state index in [1.54, 1.807) is 11.3 Å². The Labute approximate surface area is 238 Å². The lowest BCUT2D eigenvalue weighted by atomic mass is 10.0. The molecule has 0 saturated heterocycles. The van der Waals surface area contributed by atoms with Crippen molar-refractivity contribution in [3.8, 4) is 33.6 Å². The molecule has 0 bridgehead atoms. The van der Waals surface area contributed by atoms with Crippen LogP contribution >= 0.6 is 34.4 Å². The molecule has 5 aromatic rings. The number of aryl methyl sites for hydroxylation is 1. The molecule has 1 N–H and O–H groups in total.